The first kappa shape index (κ1) is 27.2. The van der Waals surface area contributed by atoms with Crippen LogP contribution in [-0.4, -0.2) is 21.1 Å². The number of aryl methyl sites for hydroxylation is 1. The number of carbonyl (C=O) groups is 1. The zero-order chi connectivity index (χ0) is 29.1. The van der Waals surface area contributed by atoms with Gasteiger partial charge in [-0.05, 0) is 30.7 Å². The summed E-state index contributed by atoms with van der Waals surface area (Å²) in [5, 5.41) is 5.32. The molecule has 0 spiro atoms. The molecule has 1 aliphatic heterocycles. The summed E-state index contributed by atoms with van der Waals surface area (Å²) in [6, 6.07) is 19.3. The third-order valence-electron chi connectivity index (χ3n) is 7.74. The molecule has 0 aliphatic carbocycles. The maximum atomic E-state index is 13.3. The normalized spacial score (nSPS) is 15.1. The van der Waals surface area contributed by atoms with Crippen molar-refractivity contribution < 1.29 is 4.79 Å². The van der Waals surface area contributed by atoms with Crippen molar-refractivity contribution in [2.45, 2.75) is 25.4 Å². The molecule has 2 aromatic carbocycles. The van der Waals surface area contributed by atoms with E-state index in [1.807, 2.05) is 60.7 Å². The Kier molecular flexibility index (Phi) is 6.82. The molecule has 1 atom stereocenters. The van der Waals surface area contributed by atoms with Gasteiger partial charge in [0.2, 0.25) is 5.91 Å². The monoisotopic (exact) mass is 631 g/mol. The highest BCUT2D eigenvalue weighted by atomic mass is 35.5. The van der Waals surface area contributed by atoms with Crippen LogP contribution >= 0.6 is 45.9 Å². The molecule has 1 N–H and O–H groups in total. The van der Waals surface area contributed by atoms with Crippen LogP contribution in [0.1, 0.15) is 12.8 Å². The fraction of sp³-hybridized carbons (Fsp3) is 0.156. The van der Waals surface area contributed by atoms with Crippen molar-refractivity contribution in [3.05, 3.63) is 104 Å². The van der Waals surface area contributed by atoms with E-state index >= 15 is 0 Å². The molecule has 42 heavy (non-hydrogen) atoms. The molecule has 6 nitrogen and oxygen atoms in total. The SMILES string of the molecule is Cn1ccc2sc(-c3cccc(-c4cccc(-c5cc6c(=O)n(CC7CCC(=O)N7)ccc6s5)c4Cl)c3Cl)cc2c1=O. The zero-order valence-electron chi connectivity index (χ0n) is 22.3. The number of pyridine rings is 2. The molecule has 0 saturated carbocycles. The van der Waals surface area contributed by atoms with Gasteiger partial charge in [-0.1, -0.05) is 59.6 Å². The number of hydrogen-bond donors (Lipinski definition) is 1. The van der Waals surface area contributed by atoms with Crippen molar-refractivity contribution in [3.63, 3.8) is 0 Å². The Bertz CT molecular complexity index is 2180. The van der Waals surface area contributed by atoms with Gasteiger partial charge in [0.15, 0.2) is 0 Å². The average molecular weight is 633 g/mol. The van der Waals surface area contributed by atoms with Gasteiger partial charge >= 0.3 is 0 Å². The van der Waals surface area contributed by atoms with Gasteiger partial charge in [-0.25, -0.2) is 0 Å². The van der Waals surface area contributed by atoms with Gasteiger partial charge in [0.25, 0.3) is 11.1 Å². The van der Waals surface area contributed by atoms with E-state index in [4.69, 9.17) is 23.2 Å². The molecule has 4 aromatic heterocycles. The standard InChI is InChI=1S/C32H23Cl2N3O3S2/c1-36-12-10-24-22(31(36)39)14-26(41-24)20-6-2-4-18(29(20)33)19-5-3-7-21(30(19)34)27-15-23-25(42-27)11-13-37(32(23)40)16-17-8-9-28(38)35-17/h2-7,10-15,17H,8-9,16H2,1H3,(H,35,38). The first-order valence-electron chi connectivity index (χ1n) is 13.4. The van der Waals surface area contributed by atoms with Crippen LogP contribution in [0.3, 0.4) is 0 Å². The van der Waals surface area contributed by atoms with Crippen molar-refractivity contribution in [3.8, 4) is 32.0 Å². The van der Waals surface area contributed by atoms with Crippen molar-refractivity contribution in [2.24, 2.45) is 7.05 Å². The van der Waals surface area contributed by atoms with E-state index in [0.717, 1.165) is 47.8 Å². The lowest BCUT2D eigenvalue weighted by molar-refractivity contribution is -0.119. The van der Waals surface area contributed by atoms with Crippen molar-refractivity contribution in [1.82, 2.24) is 14.5 Å². The first-order valence-corrected chi connectivity index (χ1v) is 15.8. The Balaban J connectivity index is 1.27. The number of aromatic nitrogens is 2. The average Bonchev–Trinajstić information content (AvgIpc) is 3.72. The summed E-state index contributed by atoms with van der Waals surface area (Å²) in [5.41, 5.74) is 3.09. The number of halogens is 2. The van der Waals surface area contributed by atoms with Crippen molar-refractivity contribution in [1.29, 1.82) is 0 Å². The first-order chi connectivity index (χ1) is 20.3. The summed E-state index contributed by atoms with van der Waals surface area (Å²) in [4.78, 5) is 39.4. The fourth-order valence-corrected chi connectivity index (χ4v) is 8.46. The molecule has 1 saturated heterocycles. The van der Waals surface area contributed by atoms with Gasteiger partial charge in [0, 0.05) is 79.9 Å². The van der Waals surface area contributed by atoms with Gasteiger partial charge in [0.05, 0.1) is 20.8 Å². The molecular formula is C32H23Cl2N3O3S2. The van der Waals surface area contributed by atoms with Gasteiger partial charge in [0.1, 0.15) is 0 Å². The zero-order valence-corrected chi connectivity index (χ0v) is 25.5. The number of fused-ring (bicyclic) bond motifs is 2. The third kappa shape index (κ3) is 4.59. The van der Waals surface area contributed by atoms with Crippen molar-refractivity contribution in [2.75, 3.05) is 0 Å². The van der Waals surface area contributed by atoms with E-state index in [-0.39, 0.29) is 23.1 Å². The van der Waals surface area contributed by atoms with E-state index in [0.29, 0.717) is 33.8 Å². The van der Waals surface area contributed by atoms with Crippen LogP contribution in [0.2, 0.25) is 10.0 Å². The molecule has 1 aliphatic rings. The molecule has 7 rings (SSSR count). The summed E-state index contributed by atoms with van der Waals surface area (Å²) in [6.45, 7) is 0.450. The van der Waals surface area contributed by atoms with E-state index in [1.54, 1.807) is 28.6 Å². The quantitative estimate of drug-likeness (QED) is 0.213. The second-order valence-electron chi connectivity index (χ2n) is 10.4. The fourth-order valence-electron chi connectivity index (χ4n) is 5.53. The topological polar surface area (TPSA) is 73.1 Å². The highest BCUT2D eigenvalue weighted by Gasteiger charge is 2.22. The number of rotatable bonds is 5. The number of nitrogens with zero attached hydrogens (tertiary/aromatic N) is 2. The molecule has 1 amide bonds. The Hall–Kier alpha value is -3.69. The Morgan fingerprint density at radius 1 is 0.786 bits per heavy atom. The summed E-state index contributed by atoms with van der Waals surface area (Å²) in [7, 11) is 1.74. The van der Waals surface area contributed by atoms with Gasteiger partial charge in [-0.2, -0.15) is 0 Å². The molecule has 6 aromatic rings. The lowest BCUT2D eigenvalue weighted by Gasteiger charge is -2.12. The Morgan fingerprint density at radius 2 is 1.33 bits per heavy atom. The summed E-state index contributed by atoms with van der Waals surface area (Å²) < 4.78 is 5.02. The molecule has 210 valence electrons. The van der Waals surface area contributed by atoms with Crippen LogP contribution in [0.5, 0.6) is 0 Å². The molecule has 10 heteroatoms. The van der Waals surface area contributed by atoms with E-state index in [9.17, 15) is 14.4 Å². The van der Waals surface area contributed by atoms with E-state index < -0.39 is 0 Å². The second kappa shape index (κ2) is 10.5. The maximum Gasteiger partial charge on any atom is 0.259 e. The molecule has 5 heterocycles. The highest BCUT2D eigenvalue weighted by Crippen LogP contribution is 2.45. The Morgan fingerprint density at radius 3 is 1.90 bits per heavy atom. The van der Waals surface area contributed by atoms with Crippen LogP contribution in [0.15, 0.2) is 82.6 Å². The van der Waals surface area contributed by atoms with Gasteiger partial charge < -0.3 is 14.5 Å². The maximum absolute atomic E-state index is 13.3. The number of amides is 1. The lowest BCUT2D eigenvalue weighted by Crippen LogP contribution is -2.33. The van der Waals surface area contributed by atoms with E-state index in [2.05, 4.69) is 5.32 Å². The number of carbonyl (C=O) groups excluding carboxylic acids is 1. The van der Waals surface area contributed by atoms with Gasteiger partial charge in [-0.15, -0.1) is 22.7 Å². The lowest BCUT2D eigenvalue weighted by atomic mass is 9.99. The van der Waals surface area contributed by atoms with Crippen LogP contribution in [0.25, 0.3) is 52.2 Å². The summed E-state index contributed by atoms with van der Waals surface area (Å²) in [5.74, 6) is 0.0294. The minimum atomic E-state index is -0.0858. The van der Waals surface area contributed by atoms with Crippen molar-refractivity contribution >= 4 is 72.0 Å². The number of benzene rings is 2. The predicted molar refractivity (Wildman–Crippen MR) is 174 cm³/mol. The van der Waals surface area contributed by atoms with Crippen LogP contribution in [-0.2, 0) is 18.4 Å². The molecule has 1 unspecified atom stereocenters. The van der Waals surface area contributed by atoms with Crippen LogP contribution in [0.4, 0.5) is 0 Å². The minimum Gasteiger partial charge on any atom is -0.352 e. The highest BCUT2D eigenvalue weighted by molar-refractivity contribution is 7.22. The van der Waals surface area contributed by atoms with Gasteiger partial charge in [-0.3, -0.25) is 14.4 Å². The molecule has 0 bridgehead atoms. The van der Waals surface area contributed by atoms with E-state index in [1.165, 1.54) is 22.7 Å². The second-order valence-corrected chi connectivity index (χ2v) is 13.3. The minimum absolute atomic E-state index is 0.0294. The third-order valence-corrected chi connectivity index (χ3v) is 10.8. The number of thiophene rings is 2. The number of nitrogens with one attached hydrogen (secondary N) is 1. The Labute approximate surface area is 258 Å². The molecule has 1 fully saturated rings. The predicted octanol–water partition coefficient (Wildman–Crippen LogP) is 7.56. The largest absolute Gasteiger partial charge is 0.352 e. The van der Waals surface area contributed by atoms with Crippen LogP contribution in [0, 0.1) is 0 Å². The van der Waals surface area contributed by atoms with Crippen LogP contribution < -0.4 is 16.4 Å². The number of hydrogen-bond acceptors (Lipinski definition) is 5. The smallest absolute Gasteiger partial charge is 0.259 e. The molecular weight excluding hydrogens is 609 g/mol. The summed E-state index contributed by atoms with van der Waals surface area (Å²) in [6.07, 6.45) is 4.79. The summed E-state index contributed by atoms with van der Waals surface area (Å²) >= 11 is 17.1. The molecule has 0 radical (unpaired) electrons.